The number of halogens is 4. The number of nitrogen functional groups attached to an aromatic ring is 1. The van der Waals surface area contributed by atoms with Crippen molar-refractivity contribution in [2.45, 2.75) is 39.2 Å². The summed E-state index contributed by atoms with van der Waals surface area (Å²) in [7, 11) is 4.96. The fourth-order valence-electron chi connectivity index (χ4n) is 5.54. The summed E-state index contributed by atoms with van der Waals surface area (Å²) in [5.74, 6) is -0.715. The number of aromatic nitrogens is 4. The molecule has 0 aliphatic heterocycles. The van der Waals surface area contributed by atoms with Gasteiger partial charge in [-0.25, -0.2) is 9.07 Å². The van der Waals surface area contributed by atoms with Gasteiger partial charge in [0, 0.05) is 78.6 Å². The van der Waals surface area contributed by atoms with Gasteiger partial charge in [0.2, 0.25) is 0 Å². The quantitative estimate of drug-likeness (QED) is 0.104. The highest BCUT2D eigenvalue weighted by Gasteiger charge is 2.34. The number of nitrogens with two attached hydrogens (primary N) is 1. The second kappa shape index (κ2) is 12.9. The zero-order valence-corrected chi connectivity index (χ0v) is 26.8. The van der Waals surface area contributed by atoms with Crippen LogP contribution in [-0.4, -0.2) is 63.6 Å². The zero-order chi connectivity index (χ0) is 34.2. The Labute approximate surface area is 269 Å². The Morgan fingerprint density at radius 3 is 2.45 bits per heavy atom. The highest BCUT2D eigenvalue weighted by molar-refractivity contribution is 5.96. The Morgan fingerprint density at radius 2 is 1.81 bits per heavy atom. The van der Waals surface area contributed by atoms with Crippen LogP contribution in [0.3, 0.4) is 0 Å². The first-order valence-electron chi connectivity index (χ1n) is 14.8. The number of alkyl halides is 4. The Morgan fingerprint density at radius 1 is 1.11 bits per heavy atom. The molecule has 246 valence electrons. The van der Waals surface area contributed by atoms with Crippen LogP contribution in [-0.2, 0) is 7.05 Å². The van der Waals surface area contributed by atoms with Gasteiger partial charge in [0.05, 0.1) is 17.8 Å². The number of ether oxygens (including phenoxy) is 1. The predicted molar refractivity (Wildman–Crippen MR) is 174 cm³/mol. The molecule has 0 saturated heterocycles. The molecular weight excluding hydrogens is 614 g/mol. The molecule has 1 atom stereocenters. The maximum absolute atomic E-state index is 15.2. The number of aliphatic imine (C=N–C) groups is 1. The summed E-state index contributed by atoms with van der Waals surface area (Å²) in [5.41, 5.74) is 11.0. The largest absolute Gasteiger partial charge is 0.573 e. The second-order valence-corrected chi connectivity index (χ2v) is 11.7. The van der Waals surface area contributed by atoms with Crippen LogP contribution in [0.25, 0.3) is 27.8 Å². The molecular formula is C34H35F4N7O2. The van der Waals surface area contributed by atoms with Gasteiger partial charge in [-0.3, -0.25) is 14.5 Å². The van der Waals surface area contributed by atoms with E-state index >= 15 is 4.39 Å². The third-order valence-electron chi connectivity index (χ3n) is 7.70. The third kappa shape index (κ3) is 6.98. The molecule has 1 unspecified atom stereocenters. The molecule has 0 aliphatic carbocycles. The van der Waals surface area contributed by atoms with Gasteiger partial charge in [0.15, 0.2) is 5.75 Å². The minimum atomic E-state index is -4.94. The summed E-state index contributed by atoms with van der Waals surface area (Å²) < 4.78 is 63.2. The third-order valence-corrected chi connectivity index (χ3v) is 7.70. The standard InChI is InChI=1S/C34H35F4N7O2/c1-19(2)31-20(3)45(29-14-23-18-44(6)41-28(23)15-30(29)47-34(36,37)38)42-32(31)24-8-7-9-27(39)25(24)16-40-17-26(35)21-10-12-22(13-11-21)33(46)43(4)5/h7-16,18-19,26H,17,39H2,1-6H3. The van der Waals surface area contributed by atoms with E-state index in [4.69, 9.17) is 10.8 Å². The molecule has 9 nitrogen and oxygen atoms in total. The summed E-state index contributed by atoms with van der Waals surface area (Å²) in [6.45, 7) is 5.49. The van der Waals surface area contributed by atoms with E-state index in [1.165, 1.54) is 26.5 Å². The molecule has 0 bridgehead atoms. The van der Waals surface area contributed by atoms with Gasteiger partial charge in [-0.1, -0.05) is 38.1 Å². The Hall–Kier alpha value is -5.20. The normalized spacial score (nSPS) is 12.7. The van der Waals surface area contributed by atoms with Crippen molar-refractivity contribution < 1.29 is 27.1 Å². The van der Waals surface area contributed by atoms with Crippen LogP contribution in [0.15, 0.2) is 65.8 Å². The van der Waals surface area contributed by atoms with Gasteiger partial charge < -0.3 is 15.4 Å². The minimum Gasteiger partial charge on any atom is -0.403 e. The van der Waals surface area contributed by atoms with E-state index in [9.17, 15) is 18.0 Å². The van der Waals surface area contributed by atoms with Gasteiger partial charge in [0.25, 0.3) is 5.91 Å². The number of carbonyl (C=O) groups is 1. The maximum atomic E-state index is 15.2. The number of benzene rings is 3. The molecule has 0 radical (unpaired) electrons. The van der Waals surface area contributed by atoms with E-state index in [2.05, 4.69) is 14.8 Å². The van der Waals surface area contributed by atoms with Crippen molar-refractivity contribution in [2.24, 2.45) is 12.0 Å². The van der Waals surface area contributed by atoms with Gasteiger partial charge in [0.1, 0.15) is 11.9 Å². The molecule has 3 aromatic carbocycles. The summed E-state index contributed by atoms with van der Waals surface area (Å²) in [6.07, 6.45) is -3.20. The van der Waals surface area contributed by atoms with Crippen molar-refractivity contribution in [2.75, 3.05) is 26.4 Å². The monoisotopic (exact) mass is 649 g/mol. The Bertz CT molecular complexity index is 1960. The second-order valence-electron chi connectivity index (χ2n) is 11.7. The van der Waals surface area contributed by atoms with Crippen LogP contribution in [0.5, 0.6) is 5.75 Å². The smallest absolute Gasteiger partial charge is 0.403 e. The lowest BCUT2D eigenvalue weighted by atomic mass is 9.94. The lowest BCUT2D eigenvalue weighted by molar-refractivity contribution is -0.274. The summed E-state index contributed by atoms with van der Waals surface area (Å²) >= 11 is 0. The Kier molecular flexibility index (Phi) is 9.10. The average Bonchev–Trinajstić information content (AvgIpc) is 3.54. The molecule has 5 rings (SSSR count). The number of hydrogen-bond donors (Lipinski definition) is 1. The molecule has 47 heavy (non-hydrogen) atoms. The average molecular weight is 650 g/mol. The van der Waals surface area contributed by atoms with E-state index < -0.39 is 18.3 Å². The van der Waals surface area contributed by atoms with Crippen molar-refractivity contribution in [3.63, 3.8) is 0 Å². The van der Waals surface area contributed by atoms with Crippen LogP contribution in [0.4, 0.5) is 23.2 Å². The summed E-state index contributed by atoms with van der Waals surface area (Å²) in [4.78, 5) is 18.0. The van der Waals surface area contributed by atoms with Crippen molar-refractivity contribution >= 4 is 28.7 Å². The number of carbonyl (C=O) groups excluding carboxylic acids is 1. The van der Waals surface area contributed by atoms with Gasteiger partial charge in [-0.05, 0) is 42.7 Å². The zero-order valence-electron chi connectivity index (χ0n) is 26.8. The topological polar surface area (TPSA) is 104 Å². The van der Waals surface area contributed by atoms with Crippen LogP contribution in [0, 0.1) is 6.92 Å². The highest BCUT2D eigenvalue weighted by atomic mass is 19.4. The predicted octanol–water partition coefficient (Wildman–Crippen LogP) is 7.17. The van der Waals surface area contributed by atoms with Crippen molar-refractivity contribution in [3.05, 3.63) is 88.7 Å². The van der Waals surface area contributed by atoms with Gasteiger partial charge in [-0.2, -0.15) is 10.2 Å². The maximum Gasteiger partial charge on any atom is 0.573 e. The lowest BCUT2D eigenvalue weighted by Crippen LogP contribution is -2.21. The Balaban J connectivity index is 1.54. The SMILES string of the molecule is Cc1c(C(C)C)c(-c2cccc(N)c2C=NCC(F)c2ccc(C(=O)N(C)C)cc2)nn1-c1cc2cn(C)nc2cc1OC(F)(F)F. The minimum absolute atomic E-state index is 0.0864. The van der Waals surface area contributed by atoms with Crippen molar-refractivity contribution in [1.82, 2.24) is 24.5 Å². The number of rotatable bonds is 9. The van der Waals surface area contributed by atoms with Crippen LogP contribution >= 0.6 is 0 Å². The summed E-state index contributed by atoms with van der Waals surface area (Å²) in [6, 6.07) is 14.3. The molecule has 0 spiro atoms. The molecule has 5 aromatic rings. The molecule has 0 aliphatic rings. The molecule has 0 saturated carbocycles. The number of fused-ring (bicyclic) bond motifs is 1. The van der Waals surface area contributed by atoms with Gasteiger partial charge >= 0.3 is 6.36 Å². The first-order chi connectivity index (χ1) is 22.1. The fourth-order valence-corrected chi connectivity index (χ4v) is 5.54. The number of nitrogens with zero attached hydrogens (tertiary/aromatic N) is 6. The lowest BCUT2D eigenvalue weighted by Gasteiger charge is -2.15. The van der Waals surface area contributed by atoms with E-state index in [1.807, 2.05) is 13.8 Å². The number of anilines is 1. The van der Waals surface area contributed by atoms with E-state index in [-0.39, 0.29) is 24.1 Å². The van der Waals surface area contributed by atoms with E-state index in [0.29, 0.717) is 50.2 Å². The number of hydrogen-bond acceptors (Lipinski definition) is 6. The number of aryl methyl sites for hydroxylation is 1. The van der Waals surface area contributed by atoms with E-state index in [0.717, 1.165) is 5.56 Å². The van der Waals surface area contributed by atoms with Gasteiger partial charge in [-0.15, -0.1) is 13.2 Å². The molecule has 1 amide bonds. The fraction of sp³-hybridized carbons (Fsp3) is 0.294. The van der Waals surface area contributed by atoms with Crippen LogP contribution in [0.1, 0.15) is 58.7 Å². The molecule has 2 N–H and O–H groups in total. The van der Waals surface area contributed by atoms with Crippen LogP contribution < -0.4 is 10.5 Å². The molecule has 0 fully saturated rings. The first kappa shape index (κ1) is 33.2. The highest BCUT2D eigenvalue weighted by Crippen LogP contribution is 2.39. The number of amides is 1. The first-order valence-corrected chi connectivity index (χ1v) is 14.8. The molecule has 2 heterocycles. The van der Waals surface area contributed by atoms with Crippen molar-refractivity contribution in [3.8, 4) is 22.7 Å². The summed E-state index contributed by atoms with van der Waals surface area (Å²) in [5, 5.41) is 9.66. The van der Waals surface area contributed by atoms with Crippen molar-refractivity contribution in [1.29, 1.82) is 0 Å². The molecule has 13 heteroatoms. The van der Waals surface area contributed by atoms with Crippen LogP contribution in [0.2, 0.25) is 0 Å². The van der Waals surface area contributed by atoms with E-state index in [1.54, 1.807) is 82.8 Å². The molecule has 2 aromatic heterocycles.